The Balaban J connectivity index is 1.57. The third-order valence-corrected chi connectivity index (χ3v) is 5.40. The summed E-state index contributed by atoms with van der Waals surface area (Å²) in [6.45, 7) is 6.67. The van der Waals surface area contributed by atoms with Gasteiger partial charge in [0.05, 0.1) is 10.7 Å². The second-order valence-electron chi connectivity index (χ2n) is 7.41. The molecule has 0 bridgehead atoms. The van der Waals surface area contributed by atoms with E-state index in [4.69, 9.17) is 23.8 Å². The Labute approximate surface area is 187 Å². The van der Waals surface area contributed by atoms with Gasteiger partial charge in [0.15, 0.2) is 5.11 Å². The molecule has 1 fully saturated rings. The molecule has 8 heteroatoms. The number of rotatable bonds is 4. The molecule has 0 atom stereocenters. The van der Waals surface area contributed by atoms with E-state index in [9.17, 15) is 9.59 Å². The van der Waals surface area contributed by atoms with E-state index < -0.39 is 0 Å². The van der Waals surface area contributed by atoms with Crippen LogP contribution in [0.2, 0.25) is 5.02 Å². The zero-order valence-corrected chi connectivity index (χ0v) is 18.6. The standard InChI is InChI=1S/C22H25ClN4O2S/c1-15(2)21(29)27-12-10-26(11-13-27)19-9-8-17(14-18(19)23)24-22(30)25-20(28)16-6-4-3-5-7-16/h3-9,14-15H,10-13H2,1-2H3,(H2,24,25,28,30). The van der Waals surface area contributed by atoms with Crippen LogP contribution in [-0.4, -0.2) is 48.0 Å². The molecule has 0 radical (unpaired) electrons. The monoisotopic (exact) mass is 444 g/mol. The van der Waals surface area contributed by atoms with Crippen molar-refractivity contribution in [3.63, 3.8) is 0 Å². The number of nitrogens with zero attached hydrogens (tertiary/aromatic N) is 2. The second-order valence-corrected chi connectivity index (χ2v) is 8.22. The topological polar surface area (TPSA) is 64.7 Å². The van der Waals surface area contributed by atoms with E-state index in [1.165, 1.54) is 0 Å². The summed E-state index contributed by atoms with van der Waals surface area (Å²) in [6.07, 6.45) is 0. The minimum Gasteiger partial charge on any atom is -0.367 e. The third kappa shape index (κ3) is 5.49. The number of carbonyl (C=O) groups excluding carboxylic acids is 2. The van der Waals surface area contributed by atoms with Crippen molar-refractivity contribution in [2.75, 3.05) is 36.4 Å². The van der Waals surface area contributed by atoms with Gasteiger partial charge in [0.2, 0.25) is 5.91 Å². The molecule has 1 aliphatic heterocycles. The molecular formula is C22H25ClN4O2S. The van der Waals surface area contributed by atoms with Crippen molar-refractivity contribution in [2.24, 2.45) is 5.92 Å². The van der Waals surface area contributed by atoms with Crippen LogP contribution in [0, 0.1) is 5.92 Å². The Morgan fingerprint density at radius 2 is 1.70 bits per heavy atom. The van der Waals surface area contributed by atoms with Gasteiger partial charge in [-0.05, 0) is 42.5 Å². The summed E-state index contributed by atoms with van der Waals surface area (Å²) < 4.78 is 0. The van der Waals surface area contributed by atoms with E-state index in [1.54, 1.807) is 30.3 Å². The lowest BCUT2D eigenvalue weighted by molar-refractivity contribution is -0.134. The van der Waals surface area contributed by atoms with Crippen LogP contribution in [0.3, 0.4) is 0 Å². The van der Waals surface area contributed by atoms with Crippen molar-refractivity contribution in [1.29, 1.82) is 0 Å². The molecule has 6 nitrogen and oxygen atoms in total. The summed E-state index contributed by atoms with van der Waals surface area (Å²) in [4.78, 5) is 28.4. The van der Waals surface area contributed by atoms with Crippen molar-refractivity contribution >= 4 is 52.1 Å². The van der Waals surface area contributed by atoms with E-state index in [0.29, 0.717) is 29.4 Å². The summed E-state index contributed by atoms with van der Waals surface area (Å²) in [5.74, 6) is -0.0762. The van der Waals surface area contributed by atoms with Gasteiger partial charge in [-0.2, -0.15) is 0 Å². The highest BCUT2D eigenvalue weighted by Gasteiger charge is 2.24. The molecule has 2 N–H and O–H groups in total. The first kappa shape index (κ1) is 22.1. The number of halogens is 1. The van der Waals surface area contributed by atoms with E-state index in [2.05, 4.69) is 15.5 Å². The lowest BCUT2D eigenvalue weighted by atomic mass is 10.1. The number of carbonyl (C=O) groups is 2. The molecular weight excluding hydrogens is 420 g/mol. The molecule has 1 aliphatic rings. The smallest absolute Gasteiger partial charge is 0.257 e. The van der Waals surface area contributed by atoms with E-state index >= 15 is 0 Å². The Bertz CT molecular complexity index is 928. The van der Waals surface area contributed by atoms with Gasteiger partial charge in [-0.1, -0.05) is 43.6 Å². The van der Waals surface area contributed by atoms with Crippen LogP contribution in [0.4, 0.5) is 11.4 Å². The first-order valence-electron chi connectivity index (χ1n) is 9.86. The van der Waals surface area contributed by atoms with Crippen LogP contribution < -0.4 is 15.5 Å². The first-order valence-corrected chi connectivity index (χ1v) is 10.6. The predicted octanol–water partition coefficient (Wildman–Crippen LogP) is 3.77. The Morgan fingerprint density at radius 3 is 2.30 bits per heavy atom. The maximum absolute atomic E-state index is 12.2. The van der Waals surface area contributed by atoms with Gasteiger partial charge in [0.25, 0.3) is 5.91 Å². The van der Waals surface area contributed by atoms with E-state index in [-0.39, 0.29) is 22.8 Å². The largest absolute Gasteiger partial charge is 0.367 e. The number of piperazine rings is 1. The van der Waals surface area contributed by atoms with Gasteiger partial charge in [-0.25, -0.2) is 0 Å². The van der Waals surface area contributed by atoms with Gasteiger partial charge in [-0.15, -0.1) is 0 Å². The highest BCUT2D eigenvalue weighted by molar-refractivity contribution is 7.80. The molecule has 0 unspecified atom stereocenters. The number of benzene rings is 2. The Morgan fingerprint density at radius 1 is 1.03 bits per heavy atom. The molecule has 30 heavy (non-hydrogen) atoms. The van der Waals surface area contributed by atoms with Gasteiger partial charge in [0, 0.05) is 43.3 Å². The van der Waals surface area contributed by atoms with Gasteiger partial charge in [-0.3, -0.25) is 14.9 Å². The van der Waals surface area contributed by atoms with E-state index in [1.807, 2.05) is 36.9 Å². The number of anilines is 2. The maximum atomic E-state index is 12.2. The van der Waals surface area contributed by atoms with Crippen molar-refractivity contribution in [3.05, 3.63) is 59.1 Å². The van der Waals surface area contributed by atoms with Crippen molar-refractivity contribution in [2.45, 2.75) is 13.8 Å². The predicted molar refractivity (Wildman–Crippen MR) is 125 cm³/mol. The third-order valence-electron chi connectivity index (χ3n) is 4.89. The van der Waals surface area contributed by atoms with Crippen LogP contribution in [0.5, 0.6) is 0 Å². The lowest BCUT2D eigenvalue weighted by Gasteiger charge is -2.37. The number of hydrogen-bond acceptors (Lipinski definition) is 4. The summed E-state index contributed by atoms with van der Waals surface area (Å²) in [6, 6.07) is 14.4. The zero-order valence-electron chi connectivity index (χ0n) is 17.0. The minimum atomic E-state index is -0.273. The lowest BCUT2D eigenvalue weighted by Crippen LogP contribution is -2.50. The molecule has 0 aliphatic carbocycles. The van der Waals surface area contributed by atoms with Crippen molar-refractivity contribution < 1.29 is 9.59 Å². The van der Waals surface area contributed by atoms with E-state index in [0.717, 1.165) is 18.8 Å². The number of thiocarbonyl (C=S) groups is 1. The van der Waals surface area contributed by atoms with Gasteiger partial charge < -0.3 is 15.1 Å². The average molecular weight is 445 g/mol. The minimum absolute atomic E-state index is 0.0108. The molecule has 1 heterocycles. The highest BCUT2D eigenvalue weighted by atomic mass is 35.5. The molecule has 1 saturated heterocycles. The Kier molecular flexibility index (Phi) is 7.29. The fourth-order valence-corrected chi connectivity index (χ4v) is 3.81. The van der Waals surface area contributed by atoms with Gasteiger partial charge >= 0.3 is 0 Å². The second kappa shape index (κ2) is 9.91. The van der Waals surface area contributed by atoms with Crippen LogP contribution in [0.1, 0.15) is 24.2 Å². The first-order chi connectivity index (χ1) is 14.3. The number of nitrogens with one attached hydrogen (secondary N) is 2. The van der Waals surface area contributed by atoms with Crippen LogP contribution >= 0.6 is 23.8 Å². The van der Waals surface area contributed by atoms with Crippen LogP contribution in [-0.2, 0) is 4.79 Å². The van der Waals surface area contributed by atoms with Crippen LogP contribution in [0.15, 0.2) is 48.5 Å². The van der Waals surface area contributed by atoms with Crippen molar-refractivity contribution in [1.82, 2.24) is 10.2 Å². The summed E-state index contributed by atoms with van der Waals surface area (Å²) in [5.41, 5.74) is 2.14. The van der Waals surface area contributed by atoms with Gasteiger partial charge in [0.1, 0.15) is 0 Å². The molecule has 0 spiro atoms. The molecule has 3 rings (SSSR count). The molecule has 0 aromatic heterocycles. The zero-order chi connectivity index (χ0) is 21.7. The fraction of sp³-hybridized carbons (Fsp3) is 0.318. The normalized spacial score (nSPS) is 13.9. The SMILES string of the molecule is CC(C)C(=O)N1CCN(c2ccc(NC(=S)NC(=O)c3ccccc3)cc2Cl)CC1. The quantitative estimate of drug-likeness (QED) is 0.703. The summed E-state index contributed by atoms with van der Waals surface area (Å²) >= 11 is 11.7. The molecule has 2 amide bonds. The molecule has 2 aromatic carbocycles. The number of amides is 2. The molecule has 2 aromatic rings. The fourth-order valence-electron chi connectivity index (χ4n) is 3.30. The highest BCUT2D eigenvalue weighted by Crippen LogP contribution is 2.29. The van der Waals surface area contributed by atoms with Crippen molar-refractivity contribution in [3.8, 4) is 0 Å². The van der Waals surface area contributed by atoms with Crippen LogP contribution in [0.25, 0.3) is 0 Å². The Hall–Kier alpha value is -2.64. The number of hydrogen-bond donors (Lipinski definition) is 2. The summed E-state index contributed by atoms with van der Waals surface area (Å²) in [5, 5.41) is 6.44. The maximum Gasteiger partial charge on any atom is 0.257 e. The summed E-state index contributed by atoms with van der Waals surface area (Å²) in [7, 11) is 0. The molecule has 0 saturated carbocycles. The average Bonchev–Trinajstić information content (AvgIpc) is 2.74. The molecule has 158 valence electrons.